The highest BCUT2D eigenvalue weighted by molar-refractivity contribution is 7.78. The van der Waals surface area contributed by atoms with E-state index in [4.69, 9.17) is 4.18 Å². The van der Waals surface area contributed by atoms with E-state index in [1.54, 1.807) is 0 Å². The molecule has 0 spiro atoms. The molecule has 2 aliphatic carbocycles. The van der Waals surface area contributed by atoms with E-state index in [1.165, 1.54) is 26.4 Å². The van der Waals surface area contributed by atoms with Crippen molar-refractivity contribution in [2.45, 2.75) is 51.9 Å². The van der Waals surface area contributed by atoms with Crippen LogP contribution in [0.25, 0.3) is 0 Å². The predicted molar refractivity (Wildman–Crippen MR) is 95.2 cm³/mol. The lowest BCUT2D eigenvalue weighted by atomic mass is 9.79. The molecule has 2 aliphatic rings. The lowest BCUT2D eigenvalue weighted by molar-refractivity contribution is -0.140. The zero-order chi connectivity index (χ0) is 17.4. The Hall–Kier alpha value is -0.720. The van der Waals surface area contributed by atoms with Gasteiger partial charge in [-0.15, -0.1) is 0 Å². The van der Waals surface area contributed by atoms with Crippen LogP contribution in [0.3, 0.4) is 0 Å². The molecule has 0 aromatic rings. The number of allylic oxidation sites excluding steroid dienone is 2. The van der Waals surface area contributed by atoms with Crippen molar-refractivity contribution in [1.29, 1.82) is 0 Å². The van der Waals surface area contributed by atoms with E-state index in [1.807, 2.05) is 6.92 Å². The molecule has 0 aromatic heterocycles. The maximum Gasteiger partial charge on any atom is 0.305 e. The van der Waals surface area contributed by atoms with E-state index < -0.39 is 11.3 Å². The number of nitrogens with one attached hydrogen (secondary N) is 1. The fraction of sp³-hybridized carbons (Fsp3) is 0.833. The molecule has 138 valence electrons. The fourth-order valence-electron chi connectivity index (χ4n) is 4.14. The summed E-state index contributed by atoms with van der Waals surface area (Å²) in [6.07, 6.45) is 11.6. The molecule has 2 unspecified atom stereocenters. The van der Waals surface area contributed by atoms with E-state index in [-0.39, 0.29) is 5.97 Å². The van der Waals surface area contributed by atoms with Crippen LogP contribution in [0, 0.1) is 23.7 Å². The average molecular weight is 358 g/mol. The number of carbonyl (C=O) groups excluding carboxylic acids is 1. The number of carbonyl (C=O) groups is 1. The first-order chi connectivity index (χ1) is 11.7. The van der Waals surface area contributed by atoms with E-state index in [9.17, 15) is 9.00 Å². The van der Waals surface area contributed by atoms with Gasteiger partial charge in [-0.2, -0.15) is 0 Å². The van der Waals surface area contributed by atoms with Crippen molar-refractivity contribution in [3.05, 3.63) is 12.2 Å². The Kier molecular flexibility index (Phi) is 8.42. The van der Waals surface area contributed by atoms with Crippen molar-refractivity contribution in [3.63, 3.8) is 0 Å². The first kappa shape index (κ1) is 19.6. The molecular formula is C18H31NO4S. The number of esters is 1. The van der Waals surface area contributed by atoms with Gasteiger partial charge in [0.25, 0.3) is 0 Å². The monoisotopic (exact) mass is 357 g/mol. The van der Waals surface area contributed by atoms with Crippen molar-refractivity contribution in [2.24, 2.45) is 23.7 Å². The molecule has 6 heteroatoms. The molecule has 2 saturated carbocycles. The number of unbranched alkanes of at least 4 members (excludes halogenated alkanes) is 1. The summed E-state index contributed by atoms with van der Waals surface area (Å²) in [5, 5.41) is 0. The van der Waals surface area contributed by atoms with E-state index in [2.05, 4.69) is 21.6 Å². The maximum atomic E-state index is 11.8. The summed E-state index contributed by atoms with van der Waals surface area (Å²) in [6.45, 7) is 3.29. The molecule has 1 N–H and O–H groups in total. The van der Waals surface area contributed by atoms with Gasteiger partial charge >= 0.3 is 5.97 Å². The summed E-state index contributed by atoms with van der Waals surface area (Å²) in [5.74, 6) is 2.49. The van der Waals surface area contributed by atoms with Crippen LogP contribution in [0.2, 0.25) is 0 Å². The molecule has 5 nitrogen and oxygen atoms in total. The predicted octanol–water partition coefficient (Wildman–Crippen LogP) is 3.14. The zero-order valence-electron chi connectivity index (χ0n) is 14.9. The standard InChI is InChI=1S/C18H31NO4S/c1-3-11-23-24(21)19-13-17-15-10-9-14(12-15)16(17)7-5-4-6-8-18(20)22-2/h5,7,14-17,19H,3-4,6,8-13H2,1-2H3/b7-5-/t14-,15+,16+,17?,24?/m1/s1. The second-order valence-electron chi connectivity index (χ2n) is 6.88. The van der Waals surface area contributed by atoms with Crippen molar-refractivity contribution in [3.8, 4) is 0 Å². The van der Waals surface area contributed by atoms with Crippen LogP contribution in [0.4, 0.5) is 0 Å². The third-order valence-electron chi connectivity index (χ3n) is 5.33. The van der Waals surface area contributed by atoms with Crippen LogP contribution >= 0.6 is 0 Å². The number of fused-ring (bicyclic) bond motifs is 2. The molecule has 0 aliphatic heterocycles. The van der Waals surface area contributed by atoms with E-state index in [0.717, 1.165) is 37.6 Å². The van der Waals surface area contributed by atoms with Gasteiger partial charge in [0.1, 0.15) is 0 Å². The largest absolute Gasteiger partial charge is 0.469 e. The van der Waals surface area contributed by atoms with Gasteiger partial charge in [-0.1, -0.05) is 19.1 Å². The summed E-state index contributed by atoms with van der Waals surface area (Å²) in [7, 11) is 1.43. The van der Waals surface area contributed by atoms with Gasteiger partial charge in [-0.25, -0.2) is 8.93 Å². The second kappa shape index (κ2) is 10.3. The van der Waals surface area contributed by atoms with Gasteiger partial charge < -0.3 is 4.74 Å². The van der Waals surface area contributed by atoms with Crippen LogP contribution < -0.4 is 4.72 Å². The normalized spacial score (nSPS) is 30.1. The number of rotatable bonds is 11. The van der Waals surface area contributed by atoms with Crippen molar-refractivity contribution >= 4 is 17.2 Å². The number of hydrogen-bond acceptors (Lipinski definition) is 4. The summed E-state index contributed by atoms with van der Waals surface area (Å²) in [5.41, 5.74) is 0. The first-order valence-electron chi connectivity index (χ1n) is 9.17. The highest BCUT2D eigenvalue weighted by Gasteiger charge is 2.45. The fourth-order valence-corrected chi connectivity index (χ4v) is 4.87. The lowest BCUT2D eigenvalue weighted by Gasteiger charge is -2.29. The number of methoxy groups -OCH3 is 1. The topological polar surface area (TPSA) is 64.6 Å². The molecule has 2 fully saturated rings. The molecule has 0 aromatic carbocycles. The minimum atomic E-state index is -1.37. The Morgan fingerprint density at radius 1 is 1.33 bits per heavy atom. The van der Waals surface area contributed by atoms with Gasteiger partial charge in [-0.3, -0.25) is 8.98 Å². The molecule has 2 rings (SSSR count). The van der Waals surface area contributed by atoms with Gasteiger partial charge in [-0.05, 0) is 62.2 Å². The Morgan fingerprint density at radius 2 is 2.12 bits per heavy atom. The first-order valence-corrected chi connectivity index (χ1v) is 10.2. The van der Waals surface area contributed by atoms with Crippen molar-refractivity contribution in [2.75, 3.05) is 20.3 Å². The zero-order valence-corrected chi connectivity index (χ0v) is 15.7. The summed E-state index contributed by atoms with van der Waals surface area (Å²) >= 11 is -1.37. The van der Waals surface area contributed by atoms with Crippen LogP contribution in [-0.4, -0.2) is 30.4 Å². The van der Waals surface area contributed by atoms with E-state index in [0.29, 0.717) is 24.9 Å². The Labute approximate surface area is 148 Å². The highest BCUT2D eigenvalue weighted by Crippen LogP contribution is 2.52. The van der Waals surface area contributed by atoms with Gasteiger partial charge in [0.2, 0.25) is 11.3 Å². The quantitative estimate of drug-likeness (QED) is 0.350. The highest BCUT2D eigenvalue weighted by atomic mass is 32.2. The lowest BCUT2D eigenvalue weighted by Crippen LogP contribution is -2.33. The molecule has 0 amide bonds. The van der Waals surface area contributed by atoms with Gasteiger partial charge in [0.05, 0.1) is 13.7 Å². The summed E-state index contributed by atoms with van der Waals surface area (Å²) in [6, 6.07) is 0. The van der Waals surface area contributed by atoms with E-state index >= 15 is 0 Å². The summed E-state index contributed by atoms with van der Waals surface area (Å²) < 4.78 is 24.7. The van der Waals surface area contributed by atoms with Crippen LogP contribution in [-0.2, 0) is 25.0 Å². The molecule has 0 saturated heterocycles. The molecular weight excluding hydrogens is 326 g/mol. The van der Waals surface area contributed by atoms with Crippen molar-refractivity contribution in [1.82, 2.24) is 4.72 Å². The number of hydrogen-bond donors (Lipinski definition) is 1. The minimum Gasteiger partial charge on any atom is -0.469 e. The molecule has 0 heterocycles. The Balaban J connectivity index is 1.76. The average Bonchev–Trinajstić information content (AvgIpc) is 3.19. The van der Waals surface area contributed by atoms with Crippen molar-refractivity contribution < 1.29 is 17.9 Å². The van der Waals surface area contributed by atoms with Crippen LogP contribution in [0.1, 0.15) is 51.9 Å². The third kappa shape index (κ3) is 5.67. The third-order valence-corrected chi connectivity index (χ3v) is 6.11. The SMILES string of the molecule is CCCOS(=O)NCC1[C@H]2CC[C@H](C2)[C@@H]1/C=C\CCCC(=O)OC. The minimum absolute atomic E-state index is 0.139. The molecule has 5 atom stereocenters. The molecule has 24 heavy (non-hydrogen) atoms. The molecule has 0 radical (unpaired) electrons. The van der Waals surface area contributed by atoms with Crippen LogP contribution in [0.15, 0.2) is 12.2 Å². The maximum absolute atomic E-state index is 11.8. The van der Waals surface area contributed by atoms with Gasteiger partial charge in [0.15, 0.2) is 0 Å². The Bertz CT molecular complexity index is 454. The van der Waals surface area contributed by atoms with Crippen LogP contribution in [0.5, 0.6) is 0 Å². The summed E-state index contributed by atoms with van der Waals surface area (Å²) in [4.78, 5) is 11.1. The van der Waals surface area contributed by atoms with Gasteiger partial charge in [0, 0.05) is 13.0 Å². The second-order valence-corrected chi connectivity index (χ2v) is 7.87. The Morgan fingerprint density at radius 3 is 2.88 bits per heavy atom. The molecule has 2 bridgehead atoms. The smallest absolute Gasteiger partial charge is 0.305 e. The number of ether oxygens (including phenoxy) is 1.